The maximum absolute atomic E-state index is 5.29. The van der Waals surface area contributed by atoms with Crippen LogP contribution in [0, 0.1) is 6.92 Å². The molecule has 1 nitrogen and oxygen atoms in total. The summed E-state index contributed by atoms with van der Waals surface area (Å²) < 4.78 is 5.29. The van der Waals surface area contributed by atoms with E-state index in [2.05, 4.69) is 31.2 Å². The van der Waals surface area contributed by atoms with Gasteiger partial charge in [0.2, 0.25) is 0 Å². The molecule has 0 aliphatic heterocycles. The van der Waals surface area contributed by atoms with Crippen molar-refractivity contribution in [2.45, 2.75) is 26.7 Å². The number of benzene rings is 1. The van der Waals surface area contributed by atoms with Gasteiger partial charge in [-0.05, 0) is 32.3 Å². The Morgan fingerprint density at radius 2 is 2.15 bits per heavy atom. The first-order chi connectivity index (χ1) is 6.33. The second-order valence-corrected chi connectivity index (χ2v) is 3.29. The average Bonchev–Trinajstić information content (AvgIpc) is 2.13. The van der Waals surface area contributed by atoms with E-state index in [0.29, 0.717) is 0 Å². The molecule has 0 N–H and O–H groups in total. The highest BCUT2D eigenvalue weighted by Gasteiger charge is 1.93. The zero-order chi connectivity index (χ0) is 9.52. The molecule has 0 fully saturated rings. The number of rotatable bonds is 5. The number of aryl methyl sites for hydroxylation is 2. The van der Waals surface area contributed by atoms with Crippen molar-refractivity contribution in [2.75, 3.05) is 13.2 Å². The summed E-state index contributed by atoms with van der Waals surface area (Å²) in [5.74, 6) is 0. The van der Waals surface area contributed by atoms with E-state index >= 15 is 0 Å². The third kappa shape index (κ3) is 4.09. The molecule has 0 saturated heterocycles. The van der Waals surface area contributed by atoms with Crippen molar-refractivity contribution in [2.24, 2.45) is 0 Å². The summed E-state index contributed by atoms with van der Waals surface area (Å²) in [7, 11) is 0. The molecule has 1 rings (SSSR count). The van der Waals surface area contributed by atoms with Gasteiger partial charge in [-0.15, -0.1) is 0 Å². The van der Waals surface area contributed by atoms with Crippen molar-refractivity contribution < 1.29 is 4.74 Å². The highest BCUT2D eigenvalue weighted by Crippen LogP contribution is 2.06. The van der Waals surface area contributed by atoms with Crippen LogP contribution in [0.2, 0.25) is 0 Å². The van der Waals surface area contributed by atoms with Crippen LogP contribution in [-0.2, 0) is 11.2 Å². The zero-order valence-electron chi connectivity index (χ0n) is 8.55. The van der Waals surface area contributed by atoms with Crippen molar-refractivity contribution in [3.63, 3.8) is 0 Å². The first-order valence-corrected chi connectivity index (χ1v) is 4.96. The second-order valence-electron chi connectivity index (χ2n) is 3.29. The summed E-state index contributed by atoms with van der Waals surface area (Å²) in [5, 5.41) is 0. The summed E-state index contributed by atoms with van der Waals surface area (Å²) in [6.45, 7) is 5.87. The fourth-order valence-corrected chi connectivity index (χ4v) is 1.39. The van der Waals surface area contributed by atoms with Gasteiger partial charge in [-0.2, -0.15) is 0 Å². The van der Waals surface area contributed by atoms with Gasteiger partial charge in [-0.1, -0.05) is 29.8 Å². The Kier molecular flexibility index (Phi) is 4.55. The molecule has 13 heavy (non-hydrogen) atoms. The topological polar surface area (TPSA) is 9.23 Å². The smallest absolute Gasteiger partial charge is 0.0469 e. The van der Waals surface area contributed by atoms with Gasteiger partial charge in [-0.25, -0.2) is 0 Å². The molecule has 0 spiro atoms. The lowest BCUT2D eigenvalue weighted by atomic mass is 10.1. The molecule has 0 heterocycles. The molecule has 0 aromatic heterocycles. The van der Waals surface area contributed by atoms with Crippen LogP contribution >= 0.6 is 0 Å². The minimum absolute atomic E-state index is 0.827. The van der Waals surface area contributed by atoms with E-state index in [1.165, 1.54) is 11.1 Å². The van der Waals surface area contributed by atoms with E-state index in [1.54, 1.807) is 0 Å². The number of ether oxygens (including phenoxy) is 1. The van der Waals surface area contributed by atoms with E-state index in [0.717, 1.165) is 26.1 Å². The SMILES string of the molecule is CCOCCCc1cccc(C)c1. The van der Waals surface area contributed by atoms with Crippen LogP contribution in [0.4, 0.5) is 0 Å². The maximum atomic E-state index is 5.29. The summed E-state index contributed by atoms with van der Waals surface area (Å²) in [4.78, 5) is 0. The second kappa shape index (κ2) is 5.76. The Morgan fingerprint density at radius 3 is 2.85 bits per heavy atom. The number of hydrogen-bond donors (Lipinski definition) is 0. The van der Waals surface area contributed by atoms with Crippen LogP contribution in [0.3, 0.4) is 0 Å². The normalized spacial score (nSPS) is 10.3. The van der Waals surface area contributed by atoms with Crippen molar-refractivity contribution in [3.8, 4) is 0 Å². The molecule has 1 aromatic rings. The van der Waals surface area contributed by atoms with Gasteiger partial charge in [0.1, 0.15) is 0 Å². The van der Waals surface area contributed by atoms with Crippen molar-refractivity contribution >= 4 is 0 Å². The molecular weight excluding hydrogens is 160 g/mol. The summed E-state index contributed by atoms with van der Waals surface area (Å²) >= 11 is 0. The van der Waals surface area contributed by atoms with E-state index in [1.807, 2.05) is 6.92 Å². The van der Waals surface area contributed by atoms with Crippen molar-refractivity contribution in [3.05, 3.63) is 35.4 Å². The fraction of sp³-hybridized carbons (Fsp3) is 0.500. The Balaban J connectivity index is 2.28. The molecule has 1 aromatic carbocycles. The van der Waals surface area contributed by atoms with Crippen molar-refractivity contribution in [1.29, 1.82) is 0 Å². The van der Waals surface area contributed by atoms with Gasteiger partial charge in [0.25, 0.3) is 0 Å². The molecule has 1 heteroatoms. The largest absolute Gasteiger partial charge is 0.382 e. The zero-order valence-corrected chi connectivity index (χ0v) is 8.55. The summed E-state index contributed by atoms with van der Waals surface area (Å²) in [6, 6.07) is 8.67. The molecule has 0 amide bonds. The minimum atomic E-state index is 0.827. The minimum Gasteiger partial charge on any atom is -0.382 e. The third-order valence-corrected chi connectivity index (χ3v) is 2.04. The summed E-state index contributed by atoms with van der Waals surface area (Å²) in [5.41, 5.74) is 2.76. The standard InChI is InChI=1S/C12H18O/c1-3-13-9-5-8-12-7-4-6-11(2)10-12/h4,6-7,10H,3,5,8-9H2,1-2H3. The van der Waals surface area contributed by atoms with Gasteiger partial charge in [0, 0.05) is 13.2 Å². The van der Waals surface area contributed by atoms with Gasteiger partial charge < -0.3 is 4.74 Å². The van der Waals surface area contributed by atoms with Crippen LogP contribution in [0.15, 0.2) is 24.3 Å². The molecular formula is C12H18O. The van der Waals surface area contributed by atoms with Crippen LogP contribution < -0.4 is 0 Å². The lowest BCUT2D eigenvalue weighted by Crippen LogP contribution is -1.95. The first-order valence-electron chi connectivity index (χ1n) is 4.96. The van der Waals surface area contributed by atoms with Crippen LogP contribution in [0.1, 0.15) is 24.5 Å². The maximum Gasteiger partial charge on any atom is 0.0469 e. The fourth-order valence-electron chi connectivity index (χ4n) is 1.39. The monoisotopic (exact) mass is 178 g/mol. The Morgan fingerprint density at radius 1 is 1.31 bits per heavy atom. The van der Waals surface area contributed by atoms with Gasteiger partial charge in [-0.3, -0.25) is 0 Å². The molecule has 0 atom stereocenters. The molecule has 0 unspecified atom stereocenters. The molecule has 0 radical (unpaired) electrons. The van der Waals surface area contributed by atoms with E-state index in [9.17, 15) is 0 Å². The van der Waals surface area contributed by atoms with Gasteiger partial charge >= 0.3 is 0 Å². The molecule has 0 saturated carbocycles. The van der Waals surface area contributed by atoms with Crippen LogP contribution in [-0.4, -0.2) is 13.2 Å². The quantitative estimate of drug-likeness (QED) is 0.630. The Hall–Kier alpha value is -0.820. The van der Waals surface area contributed by atoms with Crippen LogP contribution in [0.5, 0.6) is 0 Å². The summed E-state index contributed by atoms with van der Waals surface area (Å²) in [6.07, 6.45) is 2.25. The average molecular weight is 178 g/mol. The third-order valence-electron chi connectivity index (χ3n) is 2.04. The molecule has 72 valence electrons. The van der Waals surface area contributed by atoms with E-state index in [-0.39, 0.29) is 0 Å². The van der Waals surface area contributed by atoms with Gasteiger partial charge in [0.15, 0.2) is 0 Å². The molecule has 0 aliphatic carbocycles. The lowest BCUT2D eigenvalue weighted by Gasteiger charge is -2.02. The Bertz CT molecular complexity index is 243. The highest BCUT2D eigenvalue weighted by atomic mass is 16.5. The predicted molar refractivity (Wildman–Crippen MR) is 56.0 cm³/mol. The predicted octanol–water partition coefficient (Wildman–Crippen LogP) is 2.96. The van der Waals surface area contributed by atoms with Gasteiger partial charge in [0.05, 0.1) is 0 Å². The number of hydrogen-bond acceptors (Lipinski definition) is 1. The molecule has 0 bridgehead atoms. The molecule has 0 aliphatic rings. The first kappa shape index (κ1) is 10.3. The lowest BCUT2D eigenvalue weighted by molar-refractivity contribution is 0.145. The van der Waals surface area contributed by atoms with E-state index < -0.39 is 0 Å². The Labute approximate surface area is 80.7 Å². The van der Waals surface area contributed by atoms with Crippen LogP contribution in [0.25, 0.3) is 0 Å². The van der Waals surface area contributed by atoms with Crippen molar-refractivity contribution in [1.82, 2.24) is 0 Å². The highest BCUT2D eigenvalue weighted by molar-refractivity contribution is 5.22. The van der Waals surface area contributed by atoms with E-state index in [4.69, 9.17) is 4.74 Å².